The van der Waals surface area contributed by atoms with Crippen LogP contribution in [0, 0.1) is 0 Å². The molecule has 3 heterocycles. The van der Waals surface area contributed by atoms with Gasteiger partial charge in [0.25, 0.3) is 5.91 Å². The predicted molar refractivity (Wildman–Crippen MR) is 103 cm³/mol. The molecule has 27 heavy (non-hydrogen) atoms. The smallest absolute Gasteiger partial charge is 0.258 e. The molecule has 0 spiro atoms. The molecule has 138 valence electrons. The Morgan fingerprint density at radius 2 is 2.11 bits per heavy atom. The van der Waals surface area contributed by atoms with Gasteiger partial charge in [-0.1, -0.05) is 11.6 Å². The van der Waals surface area contributed by atoms with Gasteiger partial charge in [-0.3, -0.25) is 14.9 Å². The van der Waals surface area contributed by atoms with Crippen molar-refractivity contribution in [1.29, 1.82) is 0 Å². The van der Waals surface area contributed by atoms with Gasteiger partial charge in [-0.15, -0.1) is 0 Å². The lowest BCUT2D eigenvalue weighted by Gasteiger charge is -2.25. The van der Waals surface area contributed by atoms with Crippen LogP contribution < -0.4 is 4.74 Å². The van der Waals surface area contributed by atoms with Gasteiger partial charge >= 0.3 is 0 Å². The van der Waals surface area contributed by atoms with Gasteiger partial charge < -0.3 is 9.64 Å². The molecule has 1 atom stereocenters. The number of H-pyrrole nitrogens is 1. The second-order valence-corrected chi connectivity index (χ2v) is 6.87. The van der Waals surface area contributed by atoms with E-state index in [0.717, 1.165) is 29.7 Å². The topological polar surface area (TPSA) is 71.1 Å². The van der Waals surface area contributed by atoms with Gasteiger partial charge in [-0.2, -0.15) is 5.10 Å². The van der Waals surface area contributed by atoms with Crippen molar-refractivity contribution >= 4 is 17.5 Å². The van der Waals surface area contributed by atoms with Crippen LogP contribution in [0.4, 0.5) is 0 Å². The number of carbonyl (C=O) groups excluding carboxylic acids is 1. The number of rotatable bonds is 4. The number of benzene rings is 1. The number of pyridine rings is 1. The van der Waals surface area contributed by atoms with Crippen LogP contribution in [0.15, 0.2) is 48.9 Å². The van der Waals surface area contributed by atoms with E-state index >= 15 is 0 Å². The predicted octanol–water partition coefficient (Wildman–Crippen LogP) is 4.11. The molecule has 0 saturated carbocycles. The summed E-state index contributed by atoms with van der Waals surface area (Å²) in [6, 6.07) is 8.90. The highest BCUT2D eigenvalue weighted by molar-refractivity contribution is 6.31. The molecular formula is C20H19ClN4O2. The fourth-order valence-electron chi connectivity index (χ4n) is 3.62. The Morgan fingerprint density at radius 3 is 2.89 bits per heavy atom. The highest BCUT2D eigenvalue weighted by Gasteiger charge is 2.34. The Morgan fingerprint density at radius 1 is 1.30 bits per heavy atom. The normalized spacial score (nSPS) is 16.5. The lowest BCUT2D eigenvalue weighted by molar-refractivity contribution is 0.0730. The SMILES string of the molecule is COc1ccc(Cl)cc1C(=O)N1CCC[C@@H]1c1[nH]ncc1-c1ccncc1. The molecule has 1 aliphatic rings. The Labute approximate surface area is 162 Å². The summed E-state index contributed by atoms with van der Waals surface area (Å²) in [5, 5.41) is 7.84. The Hall–Kier alpha value is -2.86. The fraction of sp³-hybridized carbons (Fsp3) is 0.250. The molecule has 1 fully saturated rings. The number of aromatic amines is 1. The number of hydrogen-bond donors (Lipinski definition) is 1. The van der Waals surface area contributed by atoms with E-state index in [1.54, 1.807) is 43.9 Å². The van der Waals surface area contributed by atoms with E-state index < -0.39 is 0 Å². The third-order valence-electron chi connectivity index (χ3n) is 4.90. The lowest BCUT2D eigenvalue weighted by Crippen LogP contribution is -2.31. The van der Waals surface area contributed by atoms with Crippen molar-refractivity contribution in [2.75, 3.05) is 13.7 Å². The minimum Gasteiger partial charge on any atom is -0.496 e. The Kier molecular flexibility index (Phi) is 4.81. The van der Waals surface area contributed by atoms with Gasteiger partial charge in [0.2, 0.25) is 0 Å². The number of nitrogens with one attached hydrogen (secondary N) is 1. The van der Waals surface area contributed by atoms with Crippen molar-refractivity contribution in [3.8, 4) is 16.9 Å². The van der Waals surface area contributed by atoms with Gasteiger partial charge in [-0.25, -0.2) is 0 Å². The summed E-state index contributed by atoms with van der Waals surface area (Å²) in [4.78, 5) is 19.2. The molecule has 4 rings (SSSR count). The number of carbonyl (C=O) groups is 1. The minimum absolute atomic E-state index is 0.0770. The maximum absolute atomic E-state index is 13.3. The average Bonchev–Trinajstić information content (AvgIpc) is 3.37. The zero-order valence-electron chi connectivity index (χ0n) is 14.9. The summed E-state index contributed by atoms with van der Waals surface area (Å²) >= 11 is 6.12. The number of halogens is 1. The van der Waals surface area contributed by atoms with Crippen molar-refractivity contribution in [2.45, 2.75) is 18.9 Å². The van der Waals surface area contributed by atoms with E-state index in [4.69, 9.17) is 16.3 Å². The van der Waals surface area contributed by atoms with Crippen LogP contribution in [0.3, 0.4) is 0 Å². The third-order valence-corrected chi connectivity index (χ3v) is 5.13. The molecule has 0 aliphatic carbocycles. The number of amides is 1. The zero-order valence-corrected chi connectivity index (χ0v) is 15.6. The van der Waals surface area contributed by atoms with Crippen molar-refractivity contribution < 1.29 is 9.53 Å². The fourth-order valence-corrected chi connectivity index (χ4v) is 3.80. The molecule has 1 aromatic carbocycles. The van der Waals surface area contributed by atoms with Crippen LogP contribution in [0.2, 0.25) is 5.02 Å². The van der Waals surface area contributed by atoms with E-state index in [-0.39, 0.29) is 11.9 Å². The lowest BCUT2D eigenvalue weighted by atomic mass is 10.0. The van der Waals surface area contributed by atoms with Crippen LogP contribution in [-0.4, -0.2) is 39.6 Å². The number of hydrogen-bond acceptors (Lipinski definition) is 4. The first-order valence-electron chi connectivity index (χ1n) is 8.77. The third kappa shape index (κ3) is 3.28. The molecular weight excluding hydrogens is 364 g/mol. The van der Waals surface area contributed by atoms with E-state index in [1.165, 1.54) is 0 Å². The number of ether oxygens (including phenoxy) is 1. The van der Waals surface area contributed by atoms with Crippen molar-refractivity contribution in [1.82, 2.24) is 20.1 Å². The minimum atomic E-state index is -0.0906. The van der Waals surface area contributed by atoms with Gasteiger partial charge in [0.1, 0.15) is 5.75 Å². The van der Waals surface area contributed by atoms with Crippen molar-refractivity contribution in [3.05, 3.63) is 65.2 Å². The molecule has 1 amide bonds. The van der Waals surface area contributed by atoms with Crippen LogP contribution >= 0.6 is 11.6 Å². The summed E-state index contributed by atoms with van der Waals surface area (Å²) < 4.78 is 5.37. The number of nitrogens with zero attached hydrogens (tertiary/aromatic N) is 3. The highest BCUT2D eigenvalue weighted by atomic mass is 35.5. The number of likely N-dealkylation sites (tertiary alicyclic amines) is 1. The zero-order chi connectivity index (χ0) is 18.8. The first kappa shape index (κ1) is 17.5. The van der Waals surface area contributed by atoms with Crippen LogP contribution in [-0.2, 0) is 0 Å². The maximum Gasteiger partial charge on any atom is 0.258 e. The van der Waals surface area contributed by atoms with Gasteiger partial charge in [0.05, 0.1) is 30.6 Å². The molecule has 0 radical (unpaired) electrons. The second-order valence-electron chi connectivity index (χ2n) is 6.43. The van der Waals surface area contributed by atoms with Gasteiger partial charge in [0, 0.05) is 29.5 Å². The standard InChI is InChI=1S/C20H19ClN4O2/c1-27-18-5-4-14(21)11-15(18)20(26)25-10-2-3-17(25)19-16(12-23-24-19)13-6-8-22-9-7-13/h4-9,11-12,17H,2-3,10H2,1H3,(H,23,24)/t17-/m1/s1. The van der Waals surface area contributed by atoms with Crippen molar-refractivity contribution in [2.24, 2.45) is 0 Å². The average molecular weight is 383 g/mol. The summed E-state index contributed by atoms with van der Waals surface area (Å²) in [5.74, 6) is 0.432. The number of methoxy groups -OCH3 is 1. The Bertz CT molecular complexity index is 958. The van der Waals surface area contributed by atoms with Crippen LogP contribution in [0.1, 0.15) is 34.9 Å². The molecule has 3 aromatic rings. The molecule has 0 unspecified atom stereocenters. The molecule has 2 aromatic heterocycles. The number of aromatic nitrogens is 3. The molecule has 1 aliphatic heterocycles. The van der Waals surface area contributed by atoms with Gasteiger partial charge in [-0.05, 0) is 48.7 Å². The summed E-state index contributed by atoms with van der Waals surface area (Å²) in [6.45, 7) is 0.675. The van der Waals surface area contributed by atoms with Crippen molar-refractivity contribution in [3.63, 3.8) is 0 Å². The highest BCUT2D eigenvalue weighted by Crippen LogP contribution is 2.38. The summed E-state index contributed by atoms with van der Waals surface area (Å²) in [6.07, 6.45) is 7.09. The van der Waals surface area contributed by atoms with Gasteiger partial charge in [0.15, 0.2) is 0 Å². The quantitative estimate of drug-likeness (QED) is 0.737. The largest absolute Gasteiger partial charge is 0.496 e. The van der Waals surface area contributed by atoms with E-state index in [1.807, 2.05) is 17.0 Å². The van der Waals surface area contributed by atoms with Crippen LogP contribution in [0.25, 0.3) is 11.1 Å². The van der Waals surface area contributed by atoms with Crippen LogP contribution in [0.5, 0.6) is 5.75 Å². The molecule has 6 nitrogen and oxygen atoms in total. The second kappa shape index (κ2) is 7.40. The molecule has 7 heteroatoms. The monoisotopic (exact) mass is 382 g/mol. The first-order chi connectivity index (χ1) is 13.2. The maximum atomic E-state index is 13.3. The van der Waals surface area contributed by atoms with E-state index in [2.05, 4.69) is 15.2 Å². The Balaban J connectivity index is 1.69. The summed E-state index contributed by atoms with van der Waals surface area (Å²) in [7, 11) is 1.55. The van der Waals surface area contributed by atoms with E-state index in [9.17, 15) is 4.79 Å². The molecule has 1 N–H and O–H groups in total. The van der Waals surface area contributed by atoms with E-state index in [0.29, 0.717) is 22.9 Å². The first-order valence-corrected chi connectivity index (χ1v) is 9.15. The summed E-state index contributed by atoms with van der Waals surface area (Å²) in [5.41, 5.74) is 3.42. The molecule has 1 saturated heterocycles. The molecule has 0 bridgehead atoms.